The van der Waals surface area contributed by atoms with Crippen LogP contribution in [0.25, 0.3) is 0 Å². The van der Waals surface area contributed by atoms with E-state index < -0.39 is 34.3 Å². The molecule has 4 rings (SSSR count). The predicted octanol–water partition coefficient (Wildman–Crippen LogP) is 2.80. The largest absolute Gasteiger partial charge is 0.468 e. The first-order valence-electron chi connectivity index (χ1n) is 9.69. The molecule has 0 saturated carbocycles. The van der Waals surface area contributed by atoms with Gasteiger partial charge in [-0.25, -0.2) is 0 Å². The lowest BCUT2D eigenvalue weighted by molar-refractivity contribution is -0.168. The smallest absolute Gasteiger partial charge is 0.321 e. The maximum absolute atomic E-state index is 13.8. The highest BCUT2D eigenvalue weighted by atomic mass is 16.5. The van der Waals surface area contributed by atoms with Gasteiger partial charge in [-0.2, -0.15) is 0 Å². The zero-order valence-corrected chi connectivity index (χ0v) is 17.3. The first kappa shape index (κ1) is 20.0. The van der Waals surface area contributed by atoms with Gasteiger partial charge in [-0.05, 0) is 48.9 Å². The van der Waals surface area contributed by atoms with Crippen molar-refractivity contribution in [2.24, 2.45) is 10.8 Å². The molecule has 0 unspecified atom stereocenters. The lowest BCUT2D eigenvalue weighted by Crippen LogP contribution is -2.60. The average molecular weight is 406 g/mol. The summed E-state index contributed by atoms with van der Waals surface area (Å²) in [5, 5.41) is 0. The number of hydrogen-bond donors (Lipinski definition) is 0. The Labute approximate surface area is 174 Å². The van der Waals surface area contributed by atoms with Gasteiger partial charge in [0.2, 0.25) is 0 Å². The standard InChI is InChI=1S/C24H22O6/c1-13-7-5-9-15-17(13)11-23(19(15)25,21(27)29-3)24(22(28)30-4)12-18-14(2)8-6-10-16(18)20(24)26/h5-10H,11-12H2,1-4H3/t23-,24-/m1/s1. The van der Waals surface area contributed by atoms with Crippen molar-refractivity contribution in [3.8, 4) is 0 Å². The van der Waals surface area contributed by atoms with E-state index in [0.29, 0.717) is 22.3 Å². The molecule has 0 aromatic heterocycles. The fraction of sp³-hybridized carbons (Fsp3) is 0.333. The highest BCUT2D eigenvalue weighted by molar-refractivity contribution is 6.28. The third kappa shape index (κ3) is 2.19. The van der Waals surface area contributed by atoms with E-state index in [1.54, 1.807) is 24.3 Å². The van der Waals surface area contributed by atoms with E-state index in [-0.39, 0.29) is 12.8 Å². The summed E-state index contributed by atoms with van der Waals surface area (Å²) in [6, 6.07) is 10.4. The molecule has 154 valence electrons. The molecule has 2 aliphatic carbocycles. The molecular formula is C24H22O6. The molecule has 30 heavy (non-hydrogen) atoms. The summed E-state index contributed by atoms with van der Waals surface area (Å²) in [5.74, 6) is -2.94. The molecule has 2 aromatic carbocycles. The van der Waals surface area contributed by atoms with Gasteiger partial charge < -0.3 is 9.47 Å². The molecular weight excluding hydrogens is 384 g/mol. The van der Waals surface area contributed by atoms with Crippen molar-refractivity contribution in [3.63, 3.8) is 0 Å². The molecule has 0 amide bonds. The fourth-order valence-corrected chi connectivity index (χ4v) is 5.17. The molecule has 0 bridgehead atoms. The maximum Gasteiger partial charge on any atom is 0.321 e. The summed E-state index contributed by atoms with van der Waals surface area (Å²) in [6.45, 7) is 3.67. The van der Waals surface area contributed by atoms with Gasteiger partial charge in [-0.3, -0.25) is 19.2 Å². The lowest BCUT2D eigenvalue weighted by Gasteiger charge is -2.39. The highest BCUT2D eigenvalue weighted by Gasteiger charge is 2.74. The van der Waals surface area contributed by atoms with Crippen LogP contribution >= 0.6 is 0 Å². The second kappa shape index (κ2) is 6.62. The van der Waals surface area contributed by atoms with Gasteiger partial charge in [0.15, 0.2) is 22.4 Å². The molecule has 0 saturated heterocycles. The van der Waals surface area contributed by atoms with E-state index in [4.69, 9.17) is 9.47 Å². The average Bonchev–Trinajstić information content (AvgIpc) is 3.23. The van der Waals surface area contributed by atoms with Crippen LogP contribution < -0.4 is 0 Å². The minimum Gasteiger partial charge on any atom is -0.468 e. The SMILES string of the molecule is COC(=O)[C@@]1([C@]2(C(=O)OC)Cc3c(C)cccc3C2=O)Cc2c(C)cccc2C1=O. The number of methoxy groups -OCH3 is 2. The van der Waals surface area contributed by atoms with Gasteiger partial charge in [0.25, 0.3) is 0 Å². The van der Waals surface area contributed by atoms with Gasteiger partial charge in [0.05, 0.1) is 14.2 Å². The zero-order valence-electron chi connectivity index (χ0n) is 17.3. The minimum atomic E-state index is -2.02. The van der Waals surface area contributed by atoms with Crippen molar-refractivity contribution in [3.05, 3.63) is 69.8 Å². The Morgan fingerprint density at radius 1 is 0.733 bits per heavy atom. The molecule has 2 atom stereocenters. The molecule has 6 heteroatoms. The number of benzene rings is 2. The van der Waals surface area contributed by atoms with Crippen molar-refractivity contribution in [1.29, 1.82) is 0 Å². The summed E-state index contributed by atoms with van der Waals surface area (Å²) in [5.41, 5.74) is -0.448. The number of carbonyl (C=O) groups is 4. The Balaban J connectivity index is 2.06. The van der Waals surface area contributed by atoms with Crippen LogP contribution in [0.5, 0.6) is 0 Å². The number of aryl methyl sites for hydroxylation is 2. The first-order chi connectivity index (χ1) is 14.3. The fourth-order valence-electron chi connectivity index (χ4n) is 5.17. The van der Waals surface area contributed by atoms with Crippen LogP contribution in [0.2, 0.25) is 0 Å². The quantitative estimate of drug-likeness (QED) is 0.576. The minimum absolute atomic E-state index is 0.0889. The Kier molecular flexibility index (Phi) is 4.42. The van der Waals surface area contributed by atoms with Gasteiger partial charge in [0.1, 0.15) is 0 Å². The van der Waals surface area contributed by atoms with Crippen molar-refractivity contribution in [1.82, 2.24) is 0 Å². The third-order valence-electron chi connectivity index (χ3n) is 6.77. The molecule has 0 aliphatic heterocycles. The lowest BCUT2D eigenvalue weighted by atomic mass is 9.58. The van der Waals surface area contributed by atoms with Crippen LogP contribution in [0.1, 0.15) is 43.0 Å². The number of fused-ring (bicyclic) bond motifs is 2. The summed E-state index contributed by atoms with van der Waals surface area (Å²) >= 11 is 0. The van der Waals surface area contributed by atoms with Crippen LogP contribution in [-0.4, -0.2) is 37.7 Å². The van der Waals surface area contributed by atoms with Crippen molar-refractivity contribution >= 4 is 23.5 Å². The molecule has 2 aromatic rings. The van der Waals surface area contributed by atoms with Crippen molar-refractivity contribution in [2.75, 3.05) is 14.2 Å². The van der Waals surface area contributed by atoms with Crippen molar-refractivity contribution in [2.45, 2.75) is 26.7 Å². The van der Waals surface area contributed by atoms with E-state index in [1.807, 2.05) is 26.0 Å². The number of Topliss-reactive ketones (excluding diaryl/α,β-unsaturated/α-hetero) is 2. The van der Waals surface area contributed by atoms with E-state index in [9.17, 15) is 19.2 Å². The van der Waals surface area contributed by atoms with Crippen LogP contribution in [0.3, 0.4) is 0 Å². The number of hydrogen-bond acceptors (Lipinski definition) is 6. The number of ether oxygens (including phenoxy) is 2. The maximum atomic E-state index is 13.8. The van der Waals surface area contributed by atoms with Gasteiger partial charge in [0, 0.05) is 11.1 Å². The third-order valence-corrected chi connectivity index (χ3v) is 6.77. The number of rotatable bonds is 3. The molecule has 6 nitrogen and oxygen atoms in total. The van der Waals surface area contributed by atoms with Gasteiger partial charge in [-0.1, -0.05) is 36.4 Å². The van der Waals surface area contributed by atoms with Crippen LogP contribution in [0.15, 0.2) is 36.4 Å². The Hall–Kier alpha value is -3.28. The summed E-state index contributed by atoms with van der Waals surface area (Å²) in [4.78, 5) is 54.2. The zero-order chi connectivity index (χ0) is 21.8. The molecule has 0 N–H and O–H groups in total. The first-order valence-corrected chi connectivity index (χ1v) is 9.69. The van der Waals surface area contributed by atoms with E-state index in [0.717, 1.165) is 25.3 Å². The summed E-state index contributed by atoms with van der Waals surface area (Å²) in [7, 11) is 2.33. The summed E-state index contributed by atoms with van der Waals surface area (Å²) < 4.78 is 10.1. The Bertz CT molecular complexity index is 1040. The second-order valence-electron chi connectivity index (χ2n) is 8.01. The molecule has 0 fully saturated rings. The second-order valence-corrected chi connectivity index (χ2v) is 8.01. The van der Waals surface area contributed by atoms with E-state index >= 15 is 0 Å². The molecule has 0 heterocycles. The normalized spacial score (nSPS) is 24.4. The topological polar surface area (TPSA) is 86.7 Å². The van der Waals surface area contributed by atoms with E-state index in [1.165, 1.54) is 0 Å². The summed E-state index contributed by atoms with van der Waals surface area (Å²) in [6.07, 6.45) is -0.178. The highest BCUT2D eigenvalue weighted by Crippen LogP contribution is 2.57. The number of ketones is 2. The van der Waals surface area contributed by atoms with Gasteiger partial charge in [-0.15, -0.1) is 0 Å². The number of esters is 2. The Morgan fingerprint density at radius 2 is 1.10 bits per heavy atom. The van der Waals surface area contributed by atoms with Crippen molar-refractivity contribution < 1.29 is 28.7 Å². The van der Waals surface area contributed by atoms with E-state index in [2.05, 4.69) is 0 Å². The van der Waals surface area contributed by atoms with Gasteiger partial charge >= 0.3 is 11.9 Å². The monoisotopic (exact) mass is 406 g/mol. The van der Waals surface area contributed by atoms with Crippen LogP contribution in [0.4, 0.5) is 0 Å². The molecule has 0 spiro atoms. The van der Waals surface area contributed by atoms with Crippen LogP contribution in [0, 0.1) is 24.7 Å². The predicted molar refractivity (Wildman–Crippen MR) is 107 cm³/mol. The van der Waals surface area contributed by atoms with Crippen LogP contribution in [-0.2, 0) is 31.9 Å². The number of carbonyl (C=O) groups excluding carboxylic acids is 4. The molecule has 2 aliphatic rings. The molecule has 0 radical (unpaired) electrons. The Morgan fingerprint density at radius 3 is 1.40 bits per heavy atom.